The summed E-state index contributed by atoms with van der Waals surface area (Å²) < 4.78 is 42.6. The van der Waals surface area contributed by atoms with Crippen molar-refractivity contribution in [2.75, 3.05) is 7.11 Å². The van der Waals surface area contributed by atoms with Crippen LogP contribution in [0.1, 0.15) is 15.9 Å². The van der Waals surface area contributed by atoms with Gasteiger partial charge in [-0.1, -0.05) is 0 Å². The number of fused-ring (bicyclic) bond motifs is 1. The van der Waals surface area contributed by atoms with Crippen LogP contribution in [0.4, 0.5) is 13.2 Å². The fourth-order valence-corrected chi connectivity index (χ4v) is 1.61. The normalized spacial score (nSPS) is 11.8. The van der Waals surface area contributed by atoms with Crippen molar-refractivity contribution >= 4 is 16.9 Å². The van der Waals surface area contributed by atoms with Crippen molar-refractivity contribution in [3.63, 3.8) is 0 Å². The predicted molar refractivity (Wildman–Crippen MR) is 54.6 cm³/mol. The highest BCUT2D eigenvalue weighted by molar-refractivity contribution is 5.96. The lowest BCUT2D eigenvalue weighted by molar-refractivity contribution is -0.138. The van der Waals surface area contributed by atoms with E-state index in [0.717, 1.165) is 19.2 Å². The van der Waals surface area contributed by atoms with Crippen molar-refractivity contribution in [1.29, 1.82) is 0 Å². The topological polar surface area (TPSA) is 42.1 Å². The van der Waals surface area contributed by atoms with E-state index in [9.17, 15) is 18.0 Å². The van der Waals surface area contributed by atoms with Gasteiger partial charge in [-0.05, 0) is 18.2 Å². The molecule has 90 valence electrons. The molecule has 2 aromatic rings. The molecule has 0 aliphatic heterocycles. The third-order valence-electron chi connectivity index (χ3n) is 2.40. The number of aromatic amines is 1. The number of benzene rings is 1. The van der Waals surface area contributed by atoms with Gasteiger partial charge in [0.1, 0.15) is 0 Å². The number of alkyl halides is 3. The molecule has 2 rings (SSSR count). The first kappa shape index (κ1) is 11.5. The zero-order chi connectivity index (χ0) is 12.6. The molecule has 0 saturated carbocycles. The molecule has 0 radical (unpaired) electrons. The highest BCUT2D eigenvalue weighted by atomic mass is 19.4. The van der Waals surface area contributed by atoms with E-state index in [2.05, 4.69) is 9.72 Å². The molecule has 0 aliphatic carbocycles. The lowest BCUT2D eigenvalue weighted by Gasteiger charge is -2.11. The van der Waals surface area contributed by atoms with Crippen LogP contribution in [0.3, 0.4) is 0 Å². The maximum atomic E-state index is 12.8. The number of ether oxygens (including phenoxy) is 1. The molecule has 1 aromatic heterocycles. The second-order valence-electron chi connectivity index (χ2n) is 3.45. The Labute approximate surface area is 94.2 Å². The van der Waals surface area contributed by atoms with Gasteiger partial charge in [-0.25, -0.2) is 4.79 Å². The van der Waals surface area contributed by atoms with Gasteiger partial charge in [-0.2, -0.15) is 13.2 Å². The number of aromatic nitrogens is 1. The maximum Gasteiger partial charge on any atom is 0.417 e. The third-order valence-corrected chi connectivity index (χ3v) is 2.40. The summed E-state index contributed by atoms with van der Waals surface area (Å²) in [6.45, 7) is 0. The number of H-pyrrole nitrogens is 1. The average Bonchev–Trinajstić information content (AvgIpc) is 2.72. The van der Waals surface area contributed by atoms with Crippen LogP contribution in [-0.2, 0) is 10.9 Å². The molecule has 0 atom stereocenters. The molecule has 17 heavy (non-hydrogen) atoms. The third kappa shape index (κ3) is 1.98. The Balaban J connectivity index is 2.72. The zero-order valence-corrected chi connectivity index (χ0v) is 8.76. The van der Waals surface area contributed by atoms with Crippen molar-refractivity contribution in [2.24, 2.45) is 0 Å². The molecule has 0 amide bonds. The molecule has 0 unspecified atom stereocenters. The van der Waals surface area contributed by atoms with E-state index in [4.69, 9.17) is 0 Å². The summed E-state index contributed by atoms with van der Waals surface area (Å²) in [5, 5.41) is 0.393. The van der Waals surface area contributed by atoms with Crippen molar-refractivity contribution in [3.8, 4) is 0 Å². The minimum atomic E-state index is -4.59. The largest absolute Gasteiger partial charge is 0.465 e. The first-order chi connectivity index (χ1) is 7.93. The van der Waals surface area contributed by atoms with Crippen LogP contribution in [0.2, 0.25) is 0 Å². The van der Waals surface area contributed by atoms with Gasteiger partial charge in [0.2, 0.25) is 0 Å². The van der Waals surface area contributed by atoms with Crippen LogP contribution < -0.4 is 0 Å². The zero-order valence-electron chi connectivity index (χ0n) is 8.76. The minimum Gasteiger partial charge on any atom is -0.465 e. The Kier molecular flexibility index (Phi) is 2.57. The lowest BCUT2D eigenvalue weighted by Crippen LogP contribution is -2.14. The molecular weight excluding hydrogens is 235 g/mol. The number of carbonyl (C=O) groups excluding carboxylic acids is 1. The maximum absolute atomic E-state index is 12.8. The number of rotatable bonds is 1. The van der Waals surface area contributed by atoms with Gasteiger partial charge in [0, 0.05) is 17.1 Å². The molecule has 0 spiro atoms. The molecule has 1 N–H and O–H groups in total. The summed E-state index contributed by atoms with van der Waals surface area (Å²) in [5.41, 5.74) is -1.02. The summed E-state index contributed by atoms with van der Waals surface area (Å²) in [6, 6.07) is 3.58. The Morgan fingerprint density at radius 2 is 2.06 bits per heavy atom. The molecule has 6 heteroatoms. The molecular formula is C11H8F3NO2. The van der Waals surface area contributed by atoms with Gasteiger partial charge in [-0.3, -0.25) is 0 Å². The fraction of sp³-hybridized carbons (Fsp3) is 0.182. The highest BCUT2D eigenvalue weighted by Crippen LogP contribution is 2.34. The Morgan fingerprint density at radius 1 is 1.35 bits per heavy atom. The molecule has 0 aliphatic rings. The van der Waals surface area contributed by atoms with Gasteiger partial charge >= 0.3 is 12.1 Å². The molecule has 0 fully saturated rings. The van der Waals surface area contributed by atoms with Crippen LogP contribution in [0.25, 0.3) is 10.9 Å². The van der Waals surface area contributed by atoms with Crippen LogP contribution in [0.15, 0.2) is 24.4 Å². The first-order valence-corrected chi connectivity index (χ1v) is 4.70. The Bertz CT molecular complexity index is 572. The number of nitrogens with one attached hydrogen (secondary N) is 1. The molecule has 3 nitrogen and oxygen atoms in total. The summed E-state index contributed by atoms with van der Waals surface area (Å²) >= 11 is 0. The quantitative estimate of drug-likeness (QED) is 0.782. The summed E-state index contributed by atoms with van der Waals surface area (Å²) in [7, 11) is 1.04. The number of esters is 1. The van der Waals surface area contributed by atoms with Crippen molar-refractivity contribution in [3.05, 3.63) is 35.5 Å². The van der Waals surface area contributed by atoms with Gasteiger partial charge in [-0.15, -0.1) is 0 Å². The highest BCUT2D eigenvalue weighted by Gasteiger charge is 2.36. The first-order valence-electron chi connectivity index (χ1n) is 4.70. The SMILES string of the molecule is COC(=O)c1cc2[nH]ccc2cc1C(F)(F)F. The van der Waals surface area contributed by atoms with Gasteiger partial charge in [0.15, 0.2) is 0 Å². The van der Waals surface area contributed by atoms with Crippen LogP contribution in [-0.4, -0.2) is 18.1 Å². The number of hydrogen-bond acceptors (Lipinski definition) is 2. The number of hydrogen-bond donors (Lipinski definition) is 1. The van der Waals surface area contributed by atoms with E-state index >= 15 is 0 Å². The molecule has 0 saturated heterocycles. The van der Waals surface area contributed by atoms with E-state index in [1.165, 1.54) is 12.3 Å². The molecule has 1 aromatic carbocycles. The summed E-state index contributed by atoms with van der Waals surface area (Å²) in [4.78, 5) is 14.1. The van der Waals surface area contributed by atoms with E-state index in [-0.39, 0.29) is 0 Å². The Hall–Kier alpha value is -1.98. The molecule has 1 heterocycles. The van der Waals surface area contributed by atoms with Crippen LogP contribution >= 0.6 is 0 Å². The van der Waals surface area contributed by atoms with E-state index < -0.39 is 23.3 Å². The monoisotopic (exact) mass is 243 g/mol. The Morgan fingerprint density at radius 3 is 2.65 bits per heavy atom. The lowest BCUT2D eigenvalue weighted by atomic mass is 10.0. The van der Waals surface area contributed by atoms with Crippen molar-refractivity contribution in [1.82, 2.24) is 4.98 Å². The smallest absolute Gasteiger partial charge is 0.417 e. The van der Waals surface area contributed by atoms with E-state index in [1.807, 2.05) is 0 Å². The standard InChI is InChI=1S/C11H8F3NO2/c1-17-10(16)7-5-9-6(2-3-15-9)4-8(7)11(12,13)14/h2-5,15H,1H3. The number of carbonyl (C=O) groups is 1. The summed E-state index contributed by atoms with van der Waals surface area (Å²) in [6.07, 6.45) is -3.08. The van der Waals surface area contributed by atoms with Crippen molar-refractivity contribution in [2.45, 2.75) is 6.18 Å². The van der Waals surface area contributed by atoms with Gasteiger partial charge in [0.25, 0.3) is 0 Å². The number of halogens is 3. The average molecular weight is 243 g/mol. The van der Waals surface area contributed by atoms with Crippen molar-refractivity contribution < 1.29 is 22.7 Å². The number of methoxy groups -OCH3 is 1. The van der Waals surface area contributed by atoms with Crippen LogP contribution in [0.5, 0.6) is 0 Å². The summed E-state index contributed by atoms with van der Waals surface area (Å²) in [5.74, 6) is -1.01. The molecule has 0 bridgehead atoms. The second kappa shape index (κ2) is 3.80. The fourth-order valence-electron chi connectivity index (χ4n) is 1.61. The van der Waals surface area contributed by atoms with E-state index in [0.29, 0.717) is 10.9 Å². The van der Waals surface area contributed by atoms with Gasteiger partial charge in [0.05, 0.1) is 18.2 Å². The van der Waals surface area contributed by atoms with Crippen LogP contribution in [0, 0.1) is 0 Å². The van der Waals surface area contributed by atoms with E-state index in [1.54, 1.807) is 0 Å². The van der Waals surface area contributed by atoms with Gasteiger partial charge < -0.3 is 9.72 Å². The minimum absolute atomic E-state index is 0.393. The second-order valence-corrected chi connectivity index (χ2v) is 3.45. The predicted octanol–water partition coefficient (Wildman–Crippen LogP) is 2.97.